The lowest BCUT2D eigenvalue weighted by molar-refractivity contribution is -0.150. The number of ether oxygens (including phenoxy) is 2. The summed E-state index contributed by atoms with van der Waals surface area (Å²) in [5, 5.41) is 8.92. The minimum absolute atomic E-state index is 0.335. The molecule has 0 radical (unpaired) electrons. The smallest absolute Gasteiger partial charge is 0.332 e. The van der Waals surface area contributed by atoms with Crippen LogP contribution in [0.25, 0.3) is 0 Å². The van der Waals surface area contributed by atoms with Crippen LogP contribution >= 0.6 is 0 Å². The summed E-state index contributed by atoms with van der Waals surface area (Å²) in [5.74, 6) is -0.142. The number of benzene rings is 1. The van der Waals surface area contributed by atoms with Gasteiger partial charge in [0.2, 0.25) is 0 Å². The van der Waals surface area contributed by atoms with Gasteiger partial charge in [-0.15, -0.1) is 0 Å². The lowest BCUT2D eigenvalue weighted by Gasteiger charge is -2.14. The van der Waals surface area contributed by atoms with Crippen LogP contribution in [0.1, 0.15) is 24.5 Å². The van der Waals surface area contributed by atoms with E-state index in [1.54, 1.807) is 6.92 Å². The van der Waals surface area contributed by atoms with Gasteiger partial charge in [-0.25, -0.2) is 4.79 Å². The average molecular weight is 252 g/mol. The minimum Gasteiger partial charge on any atom is -0.493 e. The first kappa shape index (κ1) is 14.5. The predicted molar refractivity (Wildman–Crippen MR) is 69.1 cm³/mol. The third kappa shape index (κ3) is 4.37. The fraction of sp³-hybridized carbons (Fsp3) is 0.500. The number of carboxylic acids is 1. The Hall–Kier alpha value is -1.55. The van der Waals surface area contributed by atoms with Crippen molar-refractivity contribution in [2.24, 2.45) is 0 Å². The van der Waals surface area contributed by atoms with Crippen LogP contribution in [0.3, 0.4) is 0 Å². The normalized spacial score (nSPS) is 12.2. The van der Waals surface area contributed by atoms with Crippen LogP contribution in [0, 0.1) is 13.8 Å². The number of aryl methyl sites for hydroxylation is 2. The summed E-state index contributed by atoms with van der Waals surface area (Å²) < 4.78 is 10.7. The van der Waals surface area contributed by atoms with E-state index in [4.69, 9.17) is 14.6 Å². The van der Waals surface area contributed by atoms with Crippen LogP contribution in [0.4, 0.5) is 0 Å². The highest BCUT2D eigenvalue weighted by Crippen LogP contribution is 2.19. The topological polar surface area (TPSA) is 55.8 Å². The van der Waals surface area contributed by atoms with Crippen LogP contribution in [-0.4, -0.2) is 30.4 Å². The summed E-state index contributed by atoms with van der Waals surface area (Å²) in [5.41, 5.74) is 2.17. The van der Waals surface area contributed by atoms with Crippen molar-refractivity contribution < 1.29 is 19.4 Å². The van der Waals surface area contributed by atoms with Gasteiger partial charge in [0.15, 0.2) is 6.10 Å². The first-order valence-electron chi connectivity index (χ1n) is 6.09. The molecule has 0 aromatic heterocycles. The molecule has 0 bridgehead atoms. The van der Waals surface area contributed by atoms with Crippen molar-refractivity contribution in [3.63, 3.8) is 0 Å². The Morgan fingerprint density at radius 1 is 1.39 bits per heavy atom. The van der Waals surface area contributed by atoms with Gasteiger partial charge in [-0.05, 0) is 38.0 Å². The first-order chi connectivity index (χ1) is 8.54. The van der Waals surface area contributed by atoms with Crippen LogP contribution in [0.15, 0.2) is 18.2 Å². The number of rotatable bonds is 7. The van der Waals surface area contributed by atoms with E-state index in [2.05, 4.69) is 0 Å². The Labute approximate surface area is 108 Å². The standard InChI is InChI=1S/C14H20O4/c1-4-17-12(14(15)16)7-8-18-13-9-10(2)5-6-11(13)3/h5-6,9,12H,4,7-8H2,1-3H3,(H,15,16). The summed E-state index contributed by atoms with van der Waals surface area (Å²) in [6.45, 7) is 6.46. The molecule has 1 rings (SSSR count). The largest absolute Gasteiger partial charge is 0.493 e. The highest BCUT2D eigenvalue weighted by molar-refractivity contribution is 5.72. The van der Waals surface area contributed by atoms with E-state index in [1.807, 2.05) is 32.0 Å². The summed E-state index contributed by atoms with van der Waals surface area (Å²) in [7, 11) is 0. The van der Waals surface area contributed by atoms with E-state index in [0.717, 1.165) is 16.9 Å². The summed E-state index contributed by atoms with van der Waals surface area (Å²) in [6, 6.07) is 5.95. The van der Waals surface area contributed by atoms with Crippen molar-refractivity contribution in [1.29, 1.82) is 0 Å². The molecule has 0 amide bonds. The van der Waals surface area contributed by atoms with Crippen molar-refractivity contribution >= 4 is 5.97 Å². The van der Waals surface area contributed by atoms with Gasteiger partial charge in [0.05, 0.1) is 6.61 Å². The van der Waals surface area contributed by atoms with Gasteiger partial charge in [0, 0.05) is 13.0 Å². The third-order valence-corrected chi connectivity index (χ3v) is 2.62. The molecule has 1 N–H and O–H groups in total. The summed E-state index contributed by atoms with van der Waals surface area (Å²) >= 11 is 0. The monoisotopic (exact) mass is 252 g/mol. The summed E-state index contributed by atoms with van der Waals surface area (Å²) in [6.07, 6.45) is -0.448. The predicted octanol–water partition coefficient (Wildman–Crippen LogP) is 2.56. The number of carbonyl (C=O) groups is 1. The molecule has 1 aromatic carbocycles. The molecule has 100 valence electrons. The second-order valence-electron chi connectivity index (χ2n) is 4.19. The zero-order valence-electron chi connectivity index (χ0n) is 11.1. The zero-order chi connectivity index (χ0) is 13.5. The Bertz CT molecular complexity index is 401. The van der Waals surface area contributed by atoms with E-state index in [0.29, 0.717) is 19.6 Å². The second kappa shape index (κ2) is 7.01. The molecule has 4 nitrogen and oxygen atoms in total. The van der Waals surface area contributed by atoms with E-state index in [1.165, 1.54) is 0 Å². The zero-order valence-corrected chi connectivity index (χ0v) is 11.1. The molecular formula is C14H20O4. The Morgan fingerprint density at radius 2 is 2.11 bits per heavy atom. The molecule has 1 aromatic rings. The van der Waals surface area contributed by atoms with Crippen molar-refractivity contribution in [1.82, 2.24) is 0 Å². The van der Waals surface area contributed by atoms with E-state index < -0.39 is 12.1 Å². The minimum atomic E-state index is -0.943. The van der Waals surface area contributed by atoms with E-state index in [-0.39, 0.29) is 0 Å². The Kier molecular flexibility index (Phi) is 5.65. The highest BCUT2D eigenvalue weighted by Gasteiger charge is 2.17. The van der Waals surface area contributed by atoms with Crippen molar-refractivity contribution in [3.8, 4) is 5.75 Å². The maximum atomic E-state index is 10.9. The van der Waals surface area contributed by atoms with Crippen molar-refractivity contribution in [2.75, 3.05) is 13.2 Å². The molecule has 0 saturated heterocycles. The molecule has 1 unspecified atom stereocenters. The lowest BCUT2D eigenvalue weighted by atomic mass is 10.1. The lowest BCUT2D eigenvalue weighted by Crippen LogP contribution is -2.26. The highest BCUT2D eigenvalue weighted by atomic mass is 16.5. The molecule has 0 fully saturated rings. The number of aliphatic carboxylic acids is 1. The quantitative estimate of drug-likeness (QED) is 0.810. The number of hydrogen-bond donors (Lipinski definition) is 1. The maximum Gasteiger partial charge on any atom is 0.332 e. The van der Waals surface area contributed by atoms with Gasteiger partial charge < -0.3 is 14.6 Å². The van der Waals surface area contributed by atoms with E-state index in [9.17, 15) is 4.79 Å². The fourth-order valence-electron chi connectivity index (χ4n) is 1.62. The fourth-order valence-corrected chi connectivity index (χ4v) is 1.62. The number of hydrogen-bond acceptors (Lipinski definition) is 3. The molecule has 0 aliphatic rings. The van der Waals surface area contributed by atoms with Crippen LogP contribution in [0.2, 0.25) is 0 Å². The SMILES string of the molecule is CCOC(CCOc1cc(C)ccc1C)C(=O)O. The van der Waals surface area contributed by atoms with Crippen molar-refractivity contribution in [2.45, 2.75) is 33.3 Å². The molecule has 0 aliphatic heterocycles. The molecule has 1 atom stereocenters. The third-order valence-electron chi connectivity index (χ3n) is 2.62. The Balaban J connectivity index is 2.49. The second-order valence-corrected chi connectivity index (χ2v) is 4.19. The van der Waals surface area contributed by atoms with Gasteiger partial charge in [0.25, 0.3) is 0 Å². The molecule has 18 heavy (non-hydrogen) atoms. The van der Waals surface area contributed by atoms with Gasteiger partial charge in [0.1, 0.15) is 5.75 Å². The average Bonchev–Trinajstić information content (AvgIpc) is 2.32. The Morgan fingerprint density at radius 3 is 2.72 bits per heavy atom. The first-order valence-corrected chi connectivity index (χ1v) is 6.09. The van der Waals surface area contributed by atoms with Crippen molar-refractivity contribution in [3.05, 3.63) is 29.3 Å². The van der Waals surface area contributed by atoms with Crippen LogP contribution in [0.5, 0.6) is 5.75 Å². The van der Waals surface area contributed by atoms with E-state index >= 15 is 0 Å². The van der Waals surface area contributed by atoms with Gasteiger partial charge in [-0.3, -0.25) is 0 Å². The molecule has 0 saturated carbocycles. The number of carboxylic acid groups (broad SMARTS) is 1. The molecule has 4 heteroatoms. The van der Waals surface area contributed by atoms with Crippen LogP contribution < -0.4 is 4.74 Å². The van der Waals surface area contributed by atoms with Crippen LogP contribution in [-0.2, 0) is 9.53 Å². The van der Waals surface area contributed by atoms with Gasteiger partial charge in [-0.1, -0.05) is 12.1 Å². The molecule has 0 spiro atoms. The summed E-state index contributed by atoms with van der Waals surface area (Å²) in [4.78, 5) is 10.9. The molecular weight excluding hydrogens is 232 g/mol. The van der Waals surface area contributed by atoms with Gasteiger partial charge >= 0.3 is 5.97 Å². The van der Waals surface area contributed by atoms with Gasteiger partial charge in [-0.2, -0.15) is 0 Å². The maximum absolute atomic E-state index is 10.9. The molecule has 0 aliphatic carbocycles. The molecule has 0 heterocycles.